The maximum Gasteiger partial charge on any atom is 0.159 e. The van der Waals surface area contributed by atoms with Crippen LogP contribution in [-0.4, -0.2) is 0 Å². The van der Waals surface area contributed by atoms with E-state index < -0.39 is 0 Å². The number of hydrogen-bond acceptors (Lipinski definition) is 2. The third-order valence-corrected chi connectivity index (χ3v) is 4.65. The molecule has 0 aliphatic carbocycles. The van der Waals surface area contributed by atoms with Crippen molar-refractivity contribution in [2.24, 2.45) is 0 Å². The first-order chi connectivity index (χ1) is 22.9. The molecule has 0 saturated carbocycles. The Morgan fingerprint density at radius 2 is 0.652 bits per heavy atom. The van der Waals surface area contributed by atoms with Crippen molar-refractivity contribution < 1.29 is 4.42 Å². The Bertz CT molecular complexity index is 1140. The van der Waals surface area contributed by atoms with E-state index in [1.54, 1.807) is 0 Å². The zero-order chi connectivity index (χ0) is 37.3. The molecule has 0 unspecified atom stereocenters. The molecule has 2 heteroatoms. The van der Waals surface area contributed by atoms with Gasteiger partial charge in [0.05, 0.1) is 5.69 Å². The Kier molecular flexibility index (Phi) is 54.8. The van der Waals surface area contributed by atoms with E-state index in [0.29, 0.717) is 0 Å². The number of benzene rings is 4. The van der Waals surface area contributed by atoms with E-state index in [1.165, 1.54) is 0 Å². The van der Waals surface area contributed by atoms with E-state index in [4.69, 9.17) is 4.42 Å². The lowest BCUT2D eigenvalue weighted by Gasteiger charge is -2.25. The third kappa shape index (κ3) is 19.1. The molecule has 1 aromatic heterocycles. The fourth-order valence-electron chi connectivity index (χ4n) is 3.49. The maximum atomic E-state index is 6.27. The first-order valence-corrected chi connectivity index (χ1v) is 18.7. The third-order valence-electron chi connectivity index (χ3n) is 4.65. The van der Waals surface area contributed by atoms with Crippen molar-refractivity contribution in [1.82, 2.24) is 0 Å². The molecule has 46 heavy (non-hydrogen) atoms. The van der Waals surface area contributed by atoms with Crippen molar-refractivity contribution >= 4 is 39.0 Å². The standard InChI is InChI=1S/C24H17NO.10C2H6/c1-3-10-18(11-4-1)25(19-12-5-2-6-13-19)22-16-9-15-21-20-14-7-8-17-23(20)26-24(21)22;10*1-2/h1-17H;10*1-2H3. The molecule has 0 fully saturated rings. The highest BCUT2D eigenvalue weighted by Crippen LogP contribution is 2.41. The minimum atomic E-state index is 0.904. The van der Waals surface area contributed by atoms with E-state index in [1.807, 2.05) is 163 Å². The van der Waals surface area contributed by atoms with Crippen LogP contribution in [0.15, 0.2) is 108 Å². The van der Waals surface area contributed by atoms with Crippen LogP contribution < -0.4 is 4.90 Å². The molecule has 0 atom stereocenters. The van der Waals surface area contributed by atoms with Crippen LogP contribution in [0.5, 0.6) is 0 Å². The number of fused-ring (bicyclic) bond motifs is 3. The van der Waals surface area contributed by atoms with Crippen LogP contribution in [0.4, 0.5) is 17.1 Å². The van der Waals surface area contributed by atoms with Gasteiger partial charge in [-0.15, -0.1) is 0 Å². The molecule has 0 saturated heterocycles. The lowest BCUT2D eigenvalue weighted by atomic mass is 10.1. The summed E-state index contributed by atoms with van der Waals surface area (Å²) in [5.41, 5.74) is 5.06. The number of nitrogens with zero attached hydrogens (tertiary/aromatic N) is 1. The Morgan fingerprint density at radius 3 is 1.04 bits per heavy atom. The SMILES string of the molecule is CC.CC.CC.CC.CC.CC.CC.CC.CC.CC.c1ccc(N(c2ccccc2)c2cccc3c2oc2ccccc23)cc1. The van der Waals surface area contributed by atoms with Crippen LogP contribution in [0.1, 0.15) is 138 Å². The average Bonchev–Trinajstić information content (AvgIpc) is 3.60. The Morgan fingerprint density at radius 1 is 0.326 bits per heavy atom. The smallest absolute Gasteiger partial charge is 0.159 e. The van der Waals surface area contributed by atoms with E-state index >= 15 is 0 Å². The minimum absolute atomic E-state index is 0.904. The number of furan rings is 1. The van der Waals surface area contributed by atoms with Gasteiger partial charge >= 0.3 is 0 Å². The molecule has 5 rings (SSSR count). The summed E-state index contributed by atoms with van der Waals surface area (Å²) < 4.78 is 6.27. The lowest BCUT2D eigenvalue weighted by Crippen LogP contribution is -2.09. The summed E-state index contributed by atoms with van der Waals surface area (Å²) in [5.74, 6) is 0. The largest absolute Gasteiger partial charge is 0.454 e. The van der Waals surface area contributed by atoms with Gasteiger partial charge in [-0.3, -0.25) is 0 Å². The van der Waals surface area contributed by atoms with Gasteiger partial charge in [-0.25, -0.2) is 0 Å². The van der Waals surface area contributed by atoms with Crippen molar-refractivity contribution in [2.45, 2.75) is 138 Å². The maximum absolute atomic E-state index is 6.27. The van der Waals surface area contributed by atoms with Gasteiger partial charge in [0.15, 0.2) is 5.58 Å². The van der Waals surface area contributed by atoms with Crippen molar-refractivity contribution in [2.75, 3.05) is 4.90 Å². The van der Waals surface area contributed by atoms with Crippen LogP contribution in [-0.2, 0) is 0 Å². The average molecular weight is 636 g/mol. The van der Waals surface area contributed by atoms with Gasteiger partial charge in [0.2, 0.25) is 0 Å². The number of hydrogen-bond donors (Lipinski definition) is 0. The van der Waals surface area contributed by atoms with Crippen LogP contribution in [0.25, 0.3) is 21.9 Å². The second-order valence-electron chi connectivity index (χ2n) is 6.26. The number of para-hydroxylation sites is 4. The van der Waals surface area contributed by atoms with Crippen LogP contribution >= 0.6 is 0 Å². The molecular formula is C44H77NO. The molecule has 5 aromatic rings. The molecular weight excluding hydrogens is 558 g/mol. The zero-order valence-electron chi connectivity index (χ0n) is 34.2. The van der Waals surface area contributed by atoms with Gasteiger partial charge in [0.25, 0.3) is 0 Å². The van der Waals surface area contributed by atoms with Crippen molar-refractivity contribution in [3.63, 3.8) is 0 Å². The molecule has 0 amide bonds. The second-order valence-corrected chi connectivity index (χ2v) is 6.26. The normalized spacial score (nSPS) is 7.57. The molecule has 4 aromatic carbocycles. The van der Waals surface area contributed by atoms with Crippen molar-refractivity contribution in [1.29, 1.82) is 0 Å². The number of anilines is 3. The molecule has 0 spiro atoms. The van der Waals surface area contributed by atoms with Gasteiger partial charge in [-0.2, -0.15) is 0 Å². The zero-order valence-corrected chi connectivity index (χ0v) is 34.2. The van der Waals surface area contributed by atoms with Gasteiger partial charge in [0.1, 0.15) is 5.58 Å². The van der Waals surface area contributed by atoms with Gasteiger partial charge in [-0.1, -0.05) is 205 Å². The first kappa shape index (κ1) is 54.9. The van der Waals surface area contributed by atoms with E-state index in [2.05, 4.69) is 83.8 Å². The van der Waals surface area contributed by atoms with Gasteiger partial charge in [-0.05, 0) is 36.4 Å². The summed E-state index contributed by atoms with van der Waals surface area (Å²) >= 11 is 0. The van der Waals surface area contributed by atoms with E-state index in [0.717, 1.165) is 39.0 Å². The second kappa shape index (κ2) is 45.9. The molecule has 0 aliphatic heterocycles. The predicted molar refractivity (Wildman–Crippen MR) is 222 cm³/mol. The molecule has 1 heterocycles. The molecule has 0 N–H and O–H groups in total. The van der Waals surface area contributed by atoms with Crippen LogP contribution in [0.2, 0.25) is 0 Å². The molecule has 0 radical (unpaired) electrons. The van der Waals surface area contributed by atoms with Gasteiger partial charge < -0.3 is 9.32 Å². The highest BCUT2D eigenvalue weighted by atomic mass is 16.3. The molecule has 0 bridgehead atoms. The summed E-state index contributed by atoms with van der Waals surface area (Å²) in [6.45, 7) is 40.0. The monoisotopic (exact) mass is 636 g/mol. The van der Waals surface area contributed by atoms with E-state index in [-0.39, 0.29) is 0 Å². The summed E-state index contributed by atoms with van der Waals surface area (Å²) in [4.78, 5) is 2.24. The summed E-state index contributed by atoms with van der Waals surface area (Å²) in [6.07, 6.45) is 0. The van der Waals surface area contributed by atoms with E-state index in [9.17, 15) is 0 Å². The topological polar surface area (TPSA) is 16.4 Å². The Balaban J connectivity index is -0.000000173. The number of rotatable bonds is 3. The Hall–Kier alpha value is -3.52. The lowest BCUT2D eigenvalue weighted by molar-refractivity contribution is 0.669. The molecule has 2 nitrogen and oxygen atoms in total. The highest BCUT2D eigenvalue weighted by Gasteiger charge is 2.18. The minimum Gasteiger partial charge on any atom is -0.454 e. The summed E-state index contributed by atoms with van der Waals surface area (Å²) in [6, 6.07) is 35.3. The summed E-state index contributed by atoms with van der Waals surface area (Å²) in [7, 11) is 0. The van der Waals surface area contributed by atoms with Crippen molar-refractivity contribution in [3.8, 4) is 0 Å². The first-order valence-electron chi connectivity index (χ1n) is 18.7. The summed E-state index contributed by atoms with van der Waals surface area (Å²) in [5, 5.41) is 2.28. The van der Waals surface area contributed by atoms with Crippen LogP contribution in [0.3, 0.4) is 0 Å². The molecule has 0 aliphatic rings. The molecule has 264 valence electrons. The predicted octanol–water partition coefficient (Wildman–Crippen LogP) is 17.3. The quantitative estimate of drug-likeness (QED) is 0.196. The highest BCUT2D eigenvalue weighted by molar-refractivity contribution is 6.10. The fraction of sp³-hybridized carbons (Fsp3) is 0.455. The van der Waals surface area contributed by atoms with Crippen molar-refractivity contribution in [3.05, 3.63) is 103 Å². The Labute approximate surface area is 289 Å². The van der Waals surface area contributed by atoms with Crippen LogP contribution in [0, 0.1) is 0 Å². The van der Waals surface area contributed by atoms with Gasteiger partial charge in [0, 0.05) is 22.1 Å². The fourth-order valence-corrected chi connectivity index (χ4v) is 3.49.